The summed E-state index contributed by atoms with van der Waals surface area (Å²) in [5.41, 5.74) is -0.209. The lowest BCUT2D eigenvalue weighted by molar-refractivity contribution is -0.568. The van der Waals surface area contributed by atoms with Gasteiger partial charge in [0, 0.05) is 4.92 Å². The van der Waals surface area contributed by atoms with E-state index in [0.29, 0.717) is 0 Å². The summed E-state index contributed by atoms with van der Waals surface area (Å²) < 4.78 is 0. The van der Waals surface area contributed by atoms with Crippen molar-refractivity contribution in [2.24, 2.45) is 0 Å². The third-order valence-corrected chi connectivity index (χ3v) is 1.61. The number of rotatable bonds is 4. The second kappa shape index (κ2) is 4.22. The predicted octanol–water partition coefficient (Wildman–Crippen LogP) is 0.624. The minimum atomic E-state index is -1.01. The molecule has 8 heteroatoms. The fourth-order valence-corrected chi connectivity index (χ4v) is 1.01. The molecule has 0 unspecified atom stereocenters. The largest absolute Gasteiger partial charge is 0.506 e. The van der Waals surface area contributed by atoms with Crippen molar-refractivity contribution in [3.63, 3.8) is 0 Å². The number of hydrogen-bond acceptors (Lipinski definition) is 5. The Hall–Kier alpha value is -2.38. The highest BCUT2D eigenvalue weighted by atomic mass is 16.7. The van der Waals surface area contributed by atoms with E-state index in [1.165, 1.54) is 24.3 Å². The molecule has 0 atom stereocenters. The molecule has 1 aromatic rings. The first-order valence-corrected chi connectivity index (χ1v) is 3.84. The van der Waals surface area contributed by atoms with Gasteiger partial charge in [-0.15, -0.1) is 0 Å². The smallest absolute Gasteiger partial charge is 0.333 e. The molecule has 0 radical (unpaired) electrons. The molecule has 0 fully saturated rings. The van der Waals surface area contributed by atoms with E-state index >= 15 is 0 Å². The van der Waals surface area contributed by atoms with Crippen LogP contribution in [0.2, 0.25) is 0 Å². The molecule has 0 saturated heterocycles. The molecule has 1 N–H and O–H groups in total. The Morgan fingerprint density at radius 3 is 2.33 bits per heavy atom. The zero-order valence-corrected chi connectivity index (χ0v) is 7.44. The normalized spacial score (nSPS) is 9.60. The molecule has 15 heavy (non-hydrogen) atoms. The van der Waals surface area contributed by atoms with Gasteiger partial charge in [-0.3, -0.25) is 10.1 Å². The van der Waals surface area contributed by atoms with Gasteiger partial charge in [0.1, 0.15) is 5.75 Å². The molecule has 1 rings (SSSR count). The van der Waals surface area contributed by atoms with E-state index in [9.17, 15) is 25.3 Å². The minimum absolute atomic E-state index is 0.209. The lowest BCUT2D eigenvalue weighted by Gasteiger charge is -2.10. The van der Waals surface area contributed by atoms with Gasteiger partial charge >= 0.3 is 6.67 Å². The second-order valence-electron chi connectivity index (χ2n) is 2.60. The van der Waals surface area contributed by atoms with Crippen LogP contribution in [-0.4, -0.2) is 21.7 Å². The van der Waals surface area contributed by atoms with Crippen molar-refractivity contribution in [3.8, 4) is 5.75 Å². The van der Waals surface area contributed by atoms with E-state index in [1.807, 2.05) is 0 Å². The van der Waals surface area contributed by atoms with Crippen molar-refractivity contribution in [1.82, 2.24) is 0 Å². The molecule has 0 aliphatic rings. The molecule has 80 valence electrons. The number of hydrazine groups is 1. The molecule has 8 nitrogen and oxygen atoms in total. The number of phenols is 1. The van der Waals surface area contributed by atoms with Crippen LogP contribution in [0.1, 0.15) is 0 Å². The van der Waals surface area contributed by atoms with Crippen molar-refractivity contribution in [2.75, 3.05) is 11.7 Å². The second-order valence-corrected chi connectivity index (χ2v) is 2.60. The van der Waals surface area contributed by atoms with Gasteiger partial charge in [-0.25, -0.2) is 10.1 Å². The van der Waals surface area contributed by atoms with Gasteiger partial charge in [-0.1, -0.05) is 12.1 Å². The first-order chi connectivity index (χ1) is 7.02. The molecule has 0 aliphatic heterocycles. The summed E-state index contributed by atoms with van der Waals surface area (Å²) in [6.07, 6.45) is 0. The summed E-state index contributed by atoms with van der Waals surface area (Å²) in [6, 6.07) is 5.34. The summed E-state index contributed by atoms with van der Waals surface area (Å²) >= 11 is 0. The van der Waals surface area contributed by atoms with Crippen LogP contribution in [0.3, 0.4) is 0 Å². The number of anilines is 1. The number of phenolic OH excluding ortho intramolecular Hbond substituents is 1. The predicted molar refractivity (Wildman–Crippen MR) is 49.4 cm³/mol. The van der Waals surface area contributed by atoms with Gasteiger partial charge in [0.2, 0.25) is 0 Å². The van der Waals surface area contributed by atoms with Crippen LogP contribution in [0.25, 0.3) is 0 Å². The van der Waals surface area contributed by atoms with E-state index in [0.717, 1.165) is 0 Å². The first kappa shape index (κ1) is 10.7. The highest BCUT2D eigenvalue weighted by Crippen LogP contribution is 2.25. The first-order valence-electron chi connectivity index (χ1n) is 3.84. The zero-order chi connectivity index (χ0) is 11.4. The Kier molecular flexibility index (Phi) is 3.01. The van der Waals surface area contributed by atoms with Crippen molar-refractivity contribution < 1.29 is 15.1 Å². The number of hydrogen-bond donors (Lipinski definition) is 1. The van der Waals surface area contributed by atoms with Crippen molar-refractivity contribution in [2.45, 2.75) is 0 Å². The van der Waals surface area contributed by atoms with Crippen molar-refractivity contribution in [1.29, 1.82) is 0 Å². The summed E-state index contributed by atoms with van der Waals surface area (Å²) in [4.78, 5) is 19.8. The highest BCUT2D eigenvalue weighted by molar-refractivity contribution is 5.55. The van der Waals surface area contributed by atoms with Crippen LogP contribution < -0.4 is 5.01 Å². The lowest BCUT2D eigenvalue weighted by atomic mass is 10.3. The molecular formula is C7H7N3O5. The molecule has 0 heterocycles. The Morgan fingerprint density at radius 1 is 1.27 bits per heavy atom. The van der Waals surface area contributed by atoms with Crippen LogP contribution in [-0.2, 0) is 0 Å². The van der Waals surface area contributed by atoms with Gasteiger partial charge < -0.3 is 5.11 Å². The average molecular weight is 213 g/mol. The SMILES string of the molecule is O=[N+]([O-])CN(c1ccccc1O)[N+](=O)[O-]. The summed E-state index contributed by atoms with van der Waals surface area (Å²) in [7, 11) is 0. The van der Waals surface area contributed by atoms with Gasteiger partial charge in [-0.2, -0.15) is 0 Å². The maximum Gasteiger partial charge on any atom is 0.333 e. The van der Waals surface area contributed by atoms with Gasteiger partial charge in [-0.05, 0) is 17.1 Å². The van der Waals surface area contributed by atoms with E-state index < -0.39 is 16.6 Å². The number of benzene rings is 1. The molecule has 0 amide bonds. The third-order valence-electron chi connectivity index (χ3n) is 1.61. The van der Waals surface area contributed by atoms with Gasteiger partial charge in [0.15, 0.2) is 10.7 Å². The highest BCUT2D eigenvalue weighted by Gasteiger charge is 2.25. The molecule has 0 aromatic heterocycles. The lowest BCUT2D eigenvalue weighted by Crippen LogP contribution is -2.34. The fraction of sp³-hybridized carbons (Fsp3) is 0.143. The number of nitrogens with zero attached hydrogens (tertiary/aromatic N) is 3. The quantitative estimate of drug-likeness (QED) is 0.446. The molecule has 0 spiro atoms. The van der Waals surface area contributed by atoms with E-state index in [-0.39, 0.29) is 16.4 Å². The number of nitro groups is 2. The summed E-state index contributed by atoms with van der Waals surface area (Å²) in [6.45, 7) is -1.01. The summed E-state index contributed by atoms with van der Waals surface area (Å²) in [5.74, 6) is -0.379. The Morgan fingerprint density at radius 2 is 1.87 bits per heavy atom. The third kappa shape index (κ3) is 2.53. The Bertz CT molecular complexity index is 394. The van der Waals surface area contributed by atoms with Crippen LogP contribution in [0.15, 0.2) is 24.3 Å². The fourth-order valence-electron chi connectivity index (χ4n) is 1.01. The van der Waals surface area contributed by atoms with Crippen LogP contribution in [0.5, 0.6) is 5.75 Å². The van der Waals surface area contributed by atoms with Gasteiger partial charge in [0.05, 0.1) is 0 Å². The van der Waals surface area contributed by atoms with E-state index in [1.54, 1.807) is 0 Å². The summed E-state index contributed by atoms with van der Waals surface area (Å²) in [5, 5.41) is 29.3. The van der Waals surface area contributed by atoms with Crippen LogP contribution >= 0.6 is 0 Å². The molecular weight excluding hydrogens is 206 g/mol. The monoisotopic (exact) mass is 213 g/mol. The van der Waals surface area contributed by atoms with Crippen LogP contribution in [0.4, 0.5) is 5.69 Å². The van der Waals surface area contributed by atoms with Crippen LogP contribution in [0, 0.1) is 20.2 Å². The minimum Gasteiger partial charge on any atom is -0.506 e. The molecule has 0 aliphatic carbocycles. The molecule has 0 saturated carbocycles. The number of para-hydroxylation sites is 2. The van der Waals surface area contributed by atoms with E-state index in [2.05, 4.69) is 0 Å². The standard InChI is InChI=1S/C7H7N3O5/c11-7-4-2-1-3-6(7)8(10(14)15)5-9(12)13/h1-4,11H,5H2. The van der Waals surface area contributed by atoms with E-state index in [4.69, 9.17) is 0 Å². The van der Waals surface area contributed by atoms with Gasteiger partial charge in [0.25, 0.3) is 0 Å². The number of aromatic hydroxyl groups is 1. The van der Waals surface area contributed by atoms with Crippen molar-refractivity contribution in [3.05, 3.63) is 44.5 Å². The topological polar surface area (TPSA) is 110 Å². The average Bonchev–Trinajstić information content (AvgIpc) is 2.15. The molecule has 0 bridgehead atoms. The van der Waals surface area contributed by atoms with Crippen molar-refractivity contribution >= 4 is 5.69 Å². The maximum atomic E-state index is 10.5. The Balaban J connectivity index is 3.04. The zero-order valence-electron chi connectivity index (χ0n) is 7.44. The molecule has 1 aromatic carbocycles. The maximum absolute atomic E-state index is 10.5. The Labute approximate surface area is 83.6 Å².